The minimum atomic E-state index is -4.05. The van der Waals surface area contributed by atoms with E-state index in [1.54, 1.807) is 12.1 Å². The molecule has 34 heavy (non-hydrogen) atoms. The number of benzene rings is 2. The molecule has 1 saturated heterocycles. The molecule has 3 heterocycles. The molecule has 0 bridgehead atoms. The molecule has 0 amide bonds. The smallest absolute Gasteiger partial charge is 0.281 e. The van der Waals surface area contributed by atoms with Crippen molar-refractivity contribution in [3.05, 3.63) is 81.9 Å². The molecular weight excluding hydrogens is 466 g/mol. The zero-order valence-corrected chi connectivity index (χ0v) is 18.7. The standard InChI is InChI=1S/C22H20F2N6O3S/c23-16-9-7-14(8-10-16)12-30-21-19(27-28-30)22(31)26-20(25-21)15-4-3-11-29(13-15)34(32,33)18-6-2-1-5-17(18)24/h1-2,5-10,15H,3-4,11-13H2,(H,25,26,31)/t15-/m0/s1. The summed E-state index contributed by atoms with van der Waals surface area (Å²) in [6.07, 6.45) is 1.12. The van der Waals surface area contributed by atoms with E-state index < -0.39 is 27.3 Å². The van der Waals surface area contributed by atoms with E-state index in [1.807, 2.05) is 0 Å². The van der Waals surface area contributed by atoms with Gasteiger partial charge in [0.25, 0.3) is 5.56 Å². The van der Waals surface area contributed by atoms with E-state index in [-0.39, 0.29) is 41.5 Å². The molecule has 176 valence electrons. The molecule has 2 aromatic carbocycles. The van der Waals surface area contributed by atoms with Gasteiger partial charge in [-0.3, -0.25) is 4.79 Å². The predicted molar refractivity (Wildman–Crippen MR) is 119 cm³/mol. The third-order valence-corrected chi connectivity index (χ3v) is 7.76. The highest BCUT2D eigenvalue weighted by atomic mass is 32.2. The van der Waals surface area contributed by atoms with E-state index >= 15 is 0 Å². The molecule has 0 unspecified atom stereocenters. The first-order chi connectivity index (χ1) is 16.3. The van der Waals surface area contributed by atoms with Crippen molar-refractivity contribution in [2.45, 2.75) is 30.2 Å². The lowest BCUT2D eigenvalue weighted by atomic mass is 9.99. The summed E-state index contributed by atoms with van der Waals surface area (Å²) in [4.78, 5) is 19.5. The van der Waals surface area contributed by atoms with Crippen molar-refractivity contribution in [3.63, 3.8) is 0 Å². The van der Waals surface area contributed by atoms with Crippen LogP contribution in [0.25, 0.3) is 11.2 Å². The van der Waals surface area contributed by atoms with Crippen molar-refractivity contribution in [1.29, 1.82) is 0 Å². The van der Waals surface area contributed by atoms with Gasteiger partial charge in [0, 0.05) is 19.0 Å². The highest BCUT2D eigenvalue weighted by molar-refractivity contribution is 7.89. The largest absolute Gasteiger partial charge is 0.308 e. The first-order valence-electron chi connectivity index (χ1n) is 10.7. The van der Waals surface area contributed by atoms with Crippen molar-refractivity contribution >= 4 is 21.2 Å². The minimum Gasteiger partial charge on any atom is -0.308 e. The van der Waals surface area contributed by atoms with Gasteiger partial charge in [-0.25, -0.2) is 26.9 Å². The van der Waals surface area contributed by atoms with Crippen molar-refractivity contribution in [3.8, 4) is 0 Å². The highest BCUT2D eigenvalue weighted by Gasteiger charge is 2.33. The fourth-order valence-corrected chi connectivity index (χ4v) is 5.71. The van der Waals surface area contributed by atoms with Crippen LogP contribution in [0.4, 0.5) is 8.78 Å². The van der Waals surface area contributed by atoms with Gasteiger partial charge in [-0.2, -0.15) is 4.31 Å². The number of aromatic nitrogens is 5. The number of rotatable bonds is 5. The maximum Gasteiger partial charge on any atom is 0.281 e. The second-order valence-electron chi connectivity index (χ2n) is 8.13. The van der Waals surface area contributed by atoms with E-state index in [0.717, 1.165) is 11.6 Å². The summed E-state index contributed by atoms with van der Waals surface area (Å²) in [5.41, 5.74) is 0.561. The number of nitrogens with zero attached hydrogens (tertiary/aromatic N) is 5. The Bertz CT molecular complexity index is 1520. The van der Waals surface area contributed by atoms with Gasteiger partial charge < -0.3 is 4.98 Å². The van der Waals surface area contributed by atoms with E-state index in [2.05, 4.69) is 20.3 Å². The summed E-state index contributed by atoms with van der Waals surface area (Å²) in [7, 11) is -4.05. The van der Waals surface area contributed by atoms with Gasteiger partial charge in [0.1, 0.15) is 22.4 Å². The minimum absolute atomic E-state index is 0.0463. The molecule has 5 rings (SSSR count). The Morgan fingerprint density at radius 3 is 2.62 bits per heavy atom. The Morgan fingerprint density at radius 1 is 1.09 bits per heavy atom. The number of hydrogen-bond acceptors (Lipinski definition) is 6. The van der Waals surface area contributed by atoms with Crippen LogP contribution >= 0.6 is 0 Å². The molecule has 1 atom stereocenters. The average molecular weight is 487 g/mol. The van der Waals surface area contributed by atoms with Crippen LogP contribution < -0.4 is 5.56 Å². The number of piperidine rings is 1. The van der Waals surface area contributed by atoms with Crippen LogP contribution in [-0.2, 0) is 16.6 Å². The fraction of sp³-hybridized carbons (Fsp3) is 0.273. The Balaban J connectivity index is 1.46. The lowest BCUT2D eigenvalue weighted by Crippen LogP contribution is -2.40. The zero-order valence-electron chi connectivity index (χ0n) is 17.9. The second kappa shape index (κ2) is 8.69. The molecule has 12 heteroatoms. The van der Waals surface area contributed by atoms with Gasteiger partial charge in [0.2, 0.25) is 10.0 Å². The molecule has 0 spiro atoms. The monoisotopic (exact) mass is 486 g/mol. The van der Waals surface area contributed by atoms with Crippen LogP contribution in [0.2, 0.25) is 0 Å². The van der Waals surface area contributed by atoms with Crippen molar-refractivity contribution in [2.24, 2.45) is 0 Å². The molecule has 2 aromatic heterocycles. The molecule has 0 aliphatic carbocycles. The number of fused-ring (bicyclic) bond motifs is 1. The lowest BCUT2D eigenvalue weighted by Gasteiger charge is -2.31. The molecule has 0 saturated carbocycles. The fourth-order valence-electron chi connectivity index (χ4n) is 4.12. The van der Waals surface area contributed by atoms with Crippen LogP contribution in [0.3, 0.4) is 0 Å². The molecular formula is C22H20F2N6O3S. The van der Waals surface area contributed by atoms with Crippen LogP contribution in [0, 0.1) is 11.6 Å². The van der Waals surface area contributed by atoms with E-state index in [0.29, 0.717) is 18.7 Å². The number of aromatic amines is 1. The van der Waals surface area contributed by atoms with Gasteiger partial charge in [-0.05, 0) is 42.7 Å². The Morgan fingerprint density at radius 2 is 1.85 bits per heavy atom. The zero-order chi connectivity index (χ0) is 23.9. The van der Waals surface area contributed by atoms with Gasteiger partial charge in [0.05, 0.1) is 6.54 Å². The van der Waals surface area contributed by atoms with Gasteiger partial charge in [-0.1, -0.05) is 29.5 Å². The summed E-state index contributed by atoms with van der Waals surface area (Å²) >= 11 is 0. The number of sulfonamides is 1. The van der Waals surface area contributed by atoms with Crippen molar-refractivity contribution in [1.82, 2.24) is 29.3 Å². The SMILES string of the molecule is O=c1[nH]c([C@H]2CCCN(S(=O)(=O)c3ccccc3F)C2)nc2c1nnn2Cc1ccc(F)cc1. The number of hydrogen-bond donors (Lipinski definition) is 1. The molecule has 1 N–H and O–H groups in total. The first kappa shape index (κ1) is 22.3. The van der Waals surface area contributed by atoms with E-state index in [9.17, 15) is 22.0 Å². The normalized spacial score (nSPS) is 17.3. The number of halogens is 2. The summed E-state index contributed by atoms with van der Waals surface area (Å²) in [6.45, 7) is 0.513. The van der Waals surface area contributed by atoms with Crippen molar-refractivity contribution < 1.29 is 17.2 Å². The molecule has 9 nitrogen and oxygen atoms in total. The van der Waals surface area contributed by atoms with Crippen LogP contribution in [0.1, 0.15) is 30.1 Å². The van der Waals surface area contributed by atoms with Crippen molar-refractivity contribution in [2.75, 3.05) is 13.1 Å². The molecule has 1 aliphatic heterocycles. The molecule has 1 fully saturated rings. The maximum absolute atomic E-state index is 14.2. The Hall–Kier alpha value is -3.51. The maximum atomic E-state index is 14.2. The van der Waals surface area contributed by atoms with Gasteiger partial charge in [-0.15, -0.1) is 5.10 Å². The third-order valence-electron chi connectivity index (χ3n) is 5.86. The predicted octanol–water partition coefficient (Wildman–Crippen LogP) is 2.41. The van der Waals surface area contributed by atoms with E-state index in [1.165, 1.54) is 39.3 Å². The topological polar surface area (TPSA) is 114 Å². The lowest BCUT2D eigenvalue weighted by molar-refractivity contribution is 0.308. The molecule has 0 radical (unpaired) electrons. The Kier molecular flexibility index (Phi) is 5.70. The molecule has 1 aliphatic rings. The number of H-pyrrole nitrogens is 1. The Labute approximate surface area is 193 Å². The quantitative estimate of drug-likeness (QED) is 0.464. The van der Waals surface area contributed by atoms with Crippen LogP contribution in [0.5, 0.6) is 0 Å². The summed E-state index contributed by atoms with van der Waals surface area (Å²) in [5, 5.41) is 7.91. The second-order valence-corrected chi connectivity index (χ2v) is 10.0. The summed E-state index contributed by atoms with van der Waals surface area (Å²) in [6, 6.07) is 11.1. The summed E-state index contributed by atoms with van der Waals surface area (Å²) in [5.74, 6) is -1.26. The van der Waals surface area contributed by atoms with Gasteiger partial charge >= 0.3 is 0 Å². The molecule has 4 aromatic rings. The third kappa shape index (κ3) is 4.10. The van der Waals surface area contributed by atoms with Crippen LogP contribution in [-0.4, -0.2) is 50.8 Å². The summed E-state index contributed by atoms with van der Waals surface area (Å²) < 4.78 is 56.2. The number of nitrogens with one attached hydrogen (secondary N) is 1. The van der Waals surface area contributed by atoms with Gasteiger partial charge in [0.15, 0.2) is 11.2 Å². The highest BCUT2D eigenvalue weighted by Crippen LogP contribution is 2.29. The average Bonchev–Trinajstić information content (AvgIpc) is 3.24. The first-order valence-corrected chi connectivity index (χ1v) is 12.1. The van der Waals surface area contributed by atoms with E-state index in [4.69, 9.17) is 0 Å². The van der Waals surface area contributed by atoms with Crippen LogP contribution in [0.15, 0.2) is 58.2 Å².